The van der Waals surface area contributed by atoms with Gasteiger partial charge < -0.3 is 15.0 Å². The van der Waals surface area contributed by atoms with E-state index in [9.17, 15) is 4.79 Å². The summed E-state index contributed by atoms with van der Waals surface area (Å²) in [5.74, 6) is 0. The molecule has 2 N–H and O–H groups in total. The lowest BCUT2D eigenvalue weighted by Crippen LogP contribution is -2.42. The first-order valence-corrected chi connectivity index (χ1v) is 6.66. The Hall–Kier alpha value is -1.65. The quantitative estimate of drug-likeness (QED) is 0.855. The summed E-state index contributed by atoms with van der Waals surface area (Å²) in [6, 6.07) is 8.53. The van der Waals surface area contributed by atoms with E-state index in [0.29, 0.717) is 6.04 Å². The first-order valence-electron chi connectivity index (χ1n) is 6.66. The molecule has 1 aromatic carbocycles. The zero-order valence-electron chi connectivity index (χ0n) is 11.0. The zero-order valence-corrected chi connectivity index (χ0v) is 11.0. The van der Waals surface area contributed by atoms with Crippen molar-refractivity contribution in [2.24, 2.45) is 0 Å². The van der Waals surface area contributed by atoms with Gasteiger partial charge in [-0.05, 0) is 42.5 Å². The van der Waals surface area contributed by atoms with Gasteiger partial charge in [0.2, 0.25) is 0 Å². The van der Waals surface area contributed by atoms with Crippen LogP contribution in [0.5, 0.6) is 0 Å². The second-order valence-electron chi connectivity index (χ2n) is 5.13. The number of pyridine rings is 1. The molecule has 1 aromatic heterocycles. The van der Waals surface area contributed by atoms with Crippen LogP contribution in [0.3, 0.4) is 0 Å². The van der Waals surface area contributed by atoms with Crippen molar-refractivity contribution in [1.82, 2.24) is 10.3 Å². The molecule has 1 fully saturated rings. The van der Waals surface area contributed by atoms with Gasteiger partial charge in [-0.1, -0.05) is 6.07 Å². The molecule has 1 aliphatic rings. The van der Waals surface area contributed by atoms with Crippen LogP contribution in [-0.4, -0.2) is 30.8 Å². The number of aromatic amines is 1. The maximum atomic E-state index is 11.6. The Morgan fingerprint density at radius 3 is 3.05 bits per heavy atom. The van der Waals surface area contributed by atoms with Gasteiger partial charge >= 0.3 is 0 Å². The Bertz CT molecular complexity index is 642. The fraction of sp³-hybridized carbons (Fsp3) is 0.400. The lowest BCUT2D eigenvalue weighted by Gasteiger charge is -2.23. The fourth-order valence-corrected chi connectivity index (χ4v) is 2.53. The Balaban J connectivity index is 1.88. The maximum absolute atomic E-state index is 11.6. The predicted octanol–water partition coefficient (Wildman–Crippen LogP) is 1.37. The van der Waals surface area contributed by atoms with Gasteiger partial charge in [-0.2, -0.15) is 0 Å². The molecule has 19 heavy (non-hydrogen) atoms. The number of ether oxygens (including phenoxy) is 1. The summed E-state index contributed by atoms with van der Waals surface area (Å²) in [4.78, 5) is 14.4. The minimum atomic E-state index is -0.0115. The van der Waals surface area contributed by atoms with Gasteiger partial charge in [0, 0.05) is 23.7 Å². The van der Waals surface area contributed by atoms with Crippen molar-refractivity contribution in [3.8, 4) is 0 Å². The van der Waals surface area contributed by atoms with Crippen LogP contribution in [0.15, 0.2) is 29.1 Å². The van der Waals surface area contributed by atoms with Crippen molar-refractivity contribution in [2.45, 2.75) is 19.4 Å². The summed E-state index contributed by atoms with van der Waals surface area (Å²) in [7, 11) is 0. The van der Waals surface area contributed by atoms with E-state index in [1.165, 1.54) is 5.56 Å². The smallest absolute Gasteiger partial charge is 0.251 e. The second kappa shape index (κ2) is 5.15. The number of hydrogen-bond acceptors (Lipinski definition) is 3. The lowest BCUT2D eigenvalue weighted by atomic mass is 10.0. The molecule has 0 radical (unpaired) electrons. The molecule has 3 rings (SSSR count). The summed E-state index contributed by atoms with van der Waals surface area (Å²) in [5.41, 5.74) is 2.90. The average Bonchev–Trinajstić information content (AvgIpc) is 2.42. The minimum Gasteiger partial charge on any atom is -0.379 e. The van der Waals surface area contributed by atoms with E-state index in [0.717, 1.165) is 42.6 Å². The average molecular weight is 258 g/mol. The molecule has 0 spiro atoms. The highest BCUT2D eigenvalue weighted by Gasteiger charge is 2.13. The van der Waals surface area contributed by atoms with Crippen molar-refractivity contribution in [2.75, 3.05) is 19.8 Å². The Morgan fingerprint density at radius 2 is 2.26 bits per heavy atom. The van der Waals surface area contributed by atoms with E-state index >= 15 is 0 Å². The van der Waals surface area contributed by atoms with E-state index in [2.05, 4.69) is 22.4 Å². The standard InChI is InChI=1S/C15H18N2O2/c1-10-6-12-7-11(2-3-14(12)17-15(10)18)8-13-9-19-5-4-16-13/h2-3,6-7,13,16H,4-5,8-9H2,1H3,(H,17,18). The van der Waals surface area contributed by atoms with Crippen molar-refractivity contribution in [3.05, 3.63) is 45.7 Å². The molecule has 1 saturated heterocycles. The molecule has 4 nitrogen and oxygen atoms in total. The van der Waals surface area contributed by atoms with Crippen molar-refractivity contribution in [3.63, 3.8) is 0 Å². The molecule has 0 aliphatic carbocycles. The monoisotopic (exact) mass is 258 g/mol. The number of morpholine rings is 1. The Morgan fingerprint density at radius 1 is 1.37 bits per heavy atom. The summed E-state index contributed by atoms with van der Waals surface area (Å²) >= 11 is 0. The lowest BCUT2D eigenvalue weighted by molar-refractivity contribution is 0.0770. The van der Waals surface area contributed by atoms with E-state index in [4.69, 9.17) is 4.74 Å². The zero-order chi connectivity index (χ0) is 13.2. The van der Waals surface area contributed by atoms with Crippen LogP contribution in [0.25, 0.3) is 10.9 Å². The van der Waals surface area contributed by atoms with Gasteiger partial charge in [0.25, 0.3) is 5.56 Å². The molecular formula is C15H18N2O2. The summed E-state index contributed by atoms with van der Waals surface area (Å²) in [5, 5.41) is 4.54. The number of fused-ring (bicyclic) bond motifs is 1. The third-order valence-corrected chi connectivity index (χ3v) is 3.57. The Labute approximate surface area is 111 Å². The number of benzene rings is 1. The topological polar surface area (TPSA) is 54.1 Å². The number of rotatable bonds is 2. The van der Waals surface area contributed by atoms with E-state index in [1.54, 1.807) is 0 Å². The number of hydrogen-bond donors (Lipinski definition) is 2. The van der Waals surface area contributed by atoms with Crippen LogP contribution in [0.2, 0.25) is 0 Å². The van der Waals surface area contributed by atoms with Crippen LogP contribution in [0.4, 0.5) is 0 Å². The van der Waals surface area contributed by atoms with E-state index < -0.39 is 0 Å². The van der Waals surface area contributed by atoms with Crippen molar-refractivity contribution < 1.29 is 4.74 Å². The van der Waals surface area contributed by atoms with Crippen LogP contribution in [0.1, 0.15) is 11.1 Å². The SMILES string of the molecule is Cc1cc2cc(CC3COCCN3)ccc2[nH]c1=O. The fourth-order valence-electron chi connectivity index (χ4n) is 2.53. The molecule has 2 aromatic rings. The van der Waals surface area contributed by atoms with Crippen LogP contribution in [-0.2, 0) is 11.2 Å². The van der Waals surface area contributed by atoms with Crippen molar-refractivity contribution >= 4 is 10.9 Å². The van der Waals surface area contributed by atoms with Crippen LogP contribution < -0.4 is 10.9 Å². The highest BCUT2D eigenvalue weighted by molar-refractivity contribution is 5.79. The normalized spacial score (nSPS) is 19.7. The Kier molecular flexibility index (Phi) is 3.36. The van der Waals surface area contributed by atoms with Gasteiger partial charge in [-0.25, -0.2) is 0 Å². The highest BCUT2D eigenvalue weighted by Crippen LogP contribution is 2.15. The van der Waals surface area contributed by atoms with Gasteiger partial charge in [0.1, 0.15) is 0 Å². The summed E-state index contributed by atoms with van der Waals surface area (Å²) in [6.45, 7) is 4.32. The largest absolute Gasteiger partial charge is 0.379 e. The van der Waals surface area contributed by atoms with E-state index in [-0.39, 0.29) is 5.56 Å². The molecule has 1 atom stereocenters. The molecule has 0 saturated carbocycles. The third-order valence-electron chi connectivity index (χ3n) is 3.57. The predicted molar refractivity (Wildman–Crippen MR) is 75.6 cm³/mol. The molecule has 4 heteroatoms. The molecule has 0 amide bonds. The molecular weight excluding hydrogens is 240 g/mol. The van der Waals surface area contributed by atoms with Crippen LogP contribution >= 0.6 is 0 Å². The molecule has 1 aliphatic heterocycles. The maximum Gasteiger partial charge on any atom is 0.251 e. The van der Waals surface area contributed by atoms with E-state index in [1.807, 2.05) is 19.1 Å². The van der Waals surface area contributed by atoms with Gasteiger partial charge in [-0.15, -0.1) is 0 Å². The highest BCUT2D eigenvalue weighted by atomic mass is 16.5. The number of aromatic nitrogens is 1. The number of H-pyrrole nitrogens is 1. The van der Waals surface area contributed by atoms with Crippen molar-refractivity contribution in [1.29, 1.82) is 0 Å². The molecule has 2 heterocycles. The van der Waals surface area contributed by atoms with Crippen LogP contribution in [0, 0.1) is 6.92 Å². The third kappa shape index (κ3) is 2.69. The first-order chi connectivity index (χ1) is 9.22. The summed E-state index contributed by atoms with van der Waals surface area (Å²) < 4.78 is 5.47. The number of aryl methyl sites for hydroxylation is 1. The van der Waals surface area contributed by atoms with Gasteiger partial charge in [0.15, 0.2) is 0 Å². The van der Waals surface area contributed by atoms with Gasteiger partial charge in [0.05, 0.1) is 13.2 Å². The summed E-state index contributed by atoms with van der Waals surface area (Å²) in [6.07, 6.45) is 0.952. The molecule has 100 valence electrons. The molecule has 1 unspecified atom stereocenters. The molecule has 0 bridgehead atoms. The number of nitrogens with one attached hydrogen (secondary N) is 2. The van der Waals surface area contributed by atoms with Gasteiger partial charge in [-0.3, -0.25) is 4.79 Å². The second-order valence-corrected chi connectivity index (χ2v) is 5.13. The first kappa shape index (κ1) is 12.4. The minimum absolute atomic E-state index is 0.0115.